The topological polar surface area (TPSA) is 88.5 Å². The van der Waals surface area contributed by atoms with Crippen molar-refractivity contribution in [1.82, 2.24) is 25.1 Å². The Hall–Kier alpha value is -2.22. The molecular formula is C17H25N5O3. The Kier molecular flexibility index (Phi) is 6.16. The molecule has 25 heavy (non-hydrogen) atoms. The summed E-state index contributed by atoms with van der Waals surface area (Å²) < 4.78 is 10.1. The second-order valence-corrected chi connectivity index (χ2v) is 6.36. The molecule has 0 spiro atoms. The van der Waals surface area contributed by atoms with Crippen molar-refractivity contribution >= 4 is 5.91 Å². The van der Waals surface area contributed by atoms with Gasteiger partial charge in [0.2, 0.25) is 11.8 Å². The summed E-state index contributed by atoms with van der Waals surface area (Å²) in [6.07, 6.45) is 5.35. The molecule has 1 saturated heterocycles. The SMILES string of the molecule is CCCc1noc(CCCC(=O)N2CCN(Cc3ccon3)CC2)n1. The molecule has 3 heterocycles. The molecule has 1 amide bonds. The normalized spacial score (nSPS) is 15.6. The Bertz CT molecular complexity index is 647. The van der Waals surface area contributed by atoms with Crippen LogP contribution in [-0.4, -0.2) is 57.2 Å². The van der Waals surface area contributed by atoms with E-state index in [0.29, 0.717) is 18.7 Å². The largest absolute Gasteiger partial charge is 0.364 e. The molecule has 0 aromatic carbocycles. The van der Waals surface area contributed by atoms with Gasteiger partial charge in [0.1, 0.15) is 6.26 Å². The standard InChI is InChI=1S/C17H25N5O3/c1-2-4-15-18-16(25-20-15)5-3-6-17(23)22-10-8-21(9-11-22)13-14-7-12-24-19-14/h7,12H,2-6,8-11,13H2,1H3. The number of carbonyl (C=O) groups is 1. The maximum absolute atomic E-state index is 12.3. The summed E-state index contributed by atoms with van der Waals surface area (Å²) in [5.74, 6) is 1.59. The van der Waals surface area contributed by atoms with E-state index in [4.69, 9.17) is 9.05 Å². The lowest BCUT2D eigenvalue weighted by Crippen LogP contribution is -2.48. The number of piperazine rings is 1. The smallest absolute Gasteiger partial charge is 0.226 e. The Morgan fingerprint density at radius 2 is 2.04 bits per heavy atom. The fourth-order valence-electron chi connectivity index (χ4n) is 2.97. The van der Waals surface area contributed by atoms with Crippen LogP contribution in [0.3, 0.4) is 0 Å². The van der Waals surface area contributed by atoms with Gasteiger partial charge in [-0.15, -0.1) is 0 Å². The molecule has 1 aliphatic heterocycles. The van der Waals surface area contributed by atoms with Crippen LogP contribution in [-0.2, 0) is 24.2 Å². The first kappa shape index (κ1) is 17.6. The van der Waals surface area contributed by atoms with Crippen molar-refractivity contribution in [2.45, 2.75) is 45.6 Å². The molecule has 3 rings (SSSR count). The minimum absolute atomic E-state index is 0.203. The molecule has 8 heteroatoms. The van der Waals surface area contributed by atoms with Crippen molar-refractivity contribution < 1.29 is 13.8 Å². The van der Waals surface area contributed by atoms with E-state index in [1.807, 2.05) is 11.0 Å². The van der Waals surface area contributed by atoms with Crippen molar-refractivity contribution in [3.8, 4) is 0 Å². The van der Waals surface area contributed by atoms with E-state index in [1.165, 1.54) is 0 Å². The average molecular weight is 347 g/mol. The molecule has 1 aliphatic rings. The van der Waals surface area contributed by atoms with Gasteiger partial charge in [-0.05, 0) is 12.8 Å². The van der Waals surface area contributed by atoms with Crippen molar-refractivity contribution in [2.75, 3.05) is 26.2 Å². The average Bonchev–Trinajstić information content (AvgIpc) is 3.28. The van der Waals surface area contributed by atoms with Crippen LogP contribution in [0.2, 0.25) is 0 Å². The summed E-state index contributed by atoms with van der Waals surface area (Å²) in [5.41, 5.74) is 0.932. The van der Waals surface area contributed by atoms with E-state index in [1.54, 1.807) is 6.26 Å². The van der Waals surface area contributed by atoms with E-state index >= 15 is 0 Å². The number of amides is 1. The highest BCUT2D eigenvalue weighted by Gasteiger charge is 2.21. The molecule has 0 saturated carbocycles. The third-order valence-corrected chi connectivity index (χ3v) is 4.37. The first-order valence-electron chi connectivity index (χ1n) is 8.95. The van der Waals surface area contributed by atoms with Crippen LogP contribution in [0.5, 0.6) is 0 Å². The molecule has 0 atom stereocenters. The quantitative estimate of drug-likeness (QED) is 0.718. The van der Waals surface area contributed by atoms with Gasteiger partial charge in [0.05, 0.1) is 5.69 Å². The Morgan fingerprint density at radius 1 is 1.20 bits per heavy atom. The molecule has 136 valence electrons. The van der Waals surface area contributed by atoms with Crippen molar-refractivity contribution in [3.63, 3.8) is 0 Å². The molecular weight excluding hydrogens is 322 g/mol. The predicted octanol–water partition coefficient (Wildman–Crippen LogP) is 1.68. The van der Waals surface area contributed by atoms with Crippen LogP contribution in [0.4, 0.5) is 0 Å². The minimum atomic E-state index is 0.203. The van der Waals surface area contributed by atoms with Gasteiger partial charge in [0.15, 0.2) is 5.82 Å². The first-order chi connectivity index (χ1) is 12.2. The van der Waals surface area contributed by atoms with Crippen LogP contribution in [0, 0.1) is 0 Å². The lowest BCUT2D eigenvalue weighted by molar-refractivity contribution is -0.133. The van der Waals surface area contributed by atoms with Crippen LogP contribution >= 0.6 is 0 Å². The van der Waals surface area contributed by atoms with Crippen molar-refractivity contribution in [1.29, 1.82) is 0 Å². The van der Waals surface area contributed by atoms with E-state index in [9.17, 15) is 4.79 Å². The third kappa shape index (κ3) is 5.12. The molecule has 0 bridgehead atoms. The van der Waals surface area contributed by atoms with Gasteiger partial charge in [-0.1, -0.05) is 17.2 Å². The highest BCUT2D eigenvalue weighted by Crippen LogP contribution is 2.10. The van der Waals surface area contributed by atoms with Gasteiger partial charge in [-0.2, -0.15) is 4.98 Å². The first-order valence-corrected chi connectivity index (χ1v) is 8.95. The van der Waals surface area contributed by atoms with Gasteiger partial charge >= 0.3 is 0 Å². The molecule has 0 radical (unpaired) electrons. The highest BCUT2D eigenvalue weighted by atomic mass is 16.5. The van der Waals surface area contributed by atoms with Crippen LogP contribution < -0.4 is 0 Å². The summed E-state index contributed by atoms with van der Waals surface area (Å²) >= 11 is 0. The maximum atomic E-state index is 12.3. The van der Waals surface area contributed by atoms with E-state index in [-0.39, 0.29) is 5.91 Å². The molecule has 1 fully saturated rings. The number of nitrogens with zero attached hydrogens (tertiary/aromatic N) is 5. The third-order valence-electron chi connectivity index (χ3n) is 4.37. The lowest BCUT2D eigenvalue weighted by Gasteiger charge is -2.34. The molecule has 8 nitrogen and oxygen atoms in total. The fourth-order valence-corrected chi connectivity index (χ4v) is 2.97. The number of hydrogen-bond donors (Lipinski definition) is 0. The maximum Gasteiger partial charge on any atom is 0.226 e. The molecule has 2 aromatic rings. The van der Waals surface area contributed by atoms with Gasteiger partial charge in [0.25, 0.3) is 0 Å². The minimum Gasteiger partial charge on any atom is -0.364 e. The Morgan fingerprint density at radius 3 is 2.76 bits per heavy atom. The highest BCUT2D eigenvalue weighted by molar-refractivity contribution is 5.76. The molecule has 0 aliphatic carbocycles. The number of aryl methyl sites for hydroxylation is 2. The van der Waals surface area contributed by atoms with Gasteiger partial charge in [0, 0.05) is 58.1 Å². The van der Waals surface area contributed by atoms with E-state index in [2.05, 4.69) is 27.1 Å². The summed E-state index contributed by atoms with van der Waals surface area (Å²) in [4.78, 5) is 20.9. The second-order valence-electron chi connectivity index (χ2n) is 6.36. The monoisotopic (exact) mass is 347 g/mol. The second kappa shape index (κ2) is 8.75. The van der Waals surface area contributed by atoms with Gasteiger partial charge in [-0.25, -0.2) is 0 Å². The van der Waals surface area contributed by atoms with E-state index < -0.39 is 0 Å². The van der Waals surface area contributed by atoms with Gasteiger partial charge in [-0.3, -0.25) is 9.69 Å². The molecule has 0 N–H and O–H groups in total. The number of rotatable bonds is 8. The van der Waals surface area contributed by atoms with Crippen molar-refractivity contribution in [3.05, 3.63) is 29.7 Å². The number of carbonyl (C=O) groups excluding carboxylic acids is 1. The zero-order valence-electron chi connectivity index (χ0n) is 14.7. The van der Waals surface area contributed by atoms with E-state index in [0.717, 1.165) is 63.5 Å². The summed E-state index contributed by atoms with van der Waals surface area (Å²) in [6.45, 7) is 6.11. The fraction of sp³-hybridized carbons (Fsp3) is 0.647. The summed E-state index contributed by atoms with van der Waals surface area (Å²) in [6, 6.07) is 1.88. The van der Waals surface area contributed by atoms with Crippen LogP contribution in [0.1, 0.15) is 43.6 Å². The van der Waals surface area contributed by atoms with Crippen LogP contribution in [0.15, 0.2) is 21.4 Å². The van der Waals surface area contributed by atoms with Gasteiger partial charge < -0.3 is 13.9 Å². The zero-order valence-corrected chi connectivity index (χ0v) is 14.7. The summed E-state index contributed by atoms with van der Waals surface area (Å²) in [5, 5.41) is 7.86. The predicted molar refractivity (Wildman–Crippen MR) is 89.6 cm³/mol. The number of aromatic nitrogens is 3. The molecule has 0 unspecified atom stereocenters. The zero-order chi connectivity index (χ0) is 17.5. The Balaban J connectivity index is 1.34. The van der Waals surface area contributed by atoms with Crippen molar-refractivity contribution in [2.24, 2.45) is 0 Å². The Labute approximate surface area is 147 Å². The summed E-state index contributed by atoms with van der Waals surface area (Å²) in [7, 11) is 0. The number of hydrogen-bond acceptors (Lipinski definition) is 7. The molecule has 2 aromatic heterocycles. The lowest BCUT2D eigenvalue weighted by atomic mass is 10.2. The van der Waals surface area contributed by atoms with Crippen LogP contribution in [0.25, 0.3) is 0 Å².